The SMILES string of the molecule is OC(C=CI)COc1cccc(C(F)(F)F)c1. The van der Waals surface area contributed by atoms with E-state index in [1.54, 1.807) is 4.08 Å². The first-order valence-electron chi connectivity index (χ1n) is 4.68. The maximum atomic E-state index is 12.4. The number of halogens is 4. The zero-order chi connectivity index (χ0) is 12.9. The van der Waals surface area contributed by atoms with E-state index >= 15 is 0 Å². The summed E-state index contributed by atoms with van der Waals surface area (Å²) in [4.78, 5) is 0. The van der Waals surface area contributed by atoms with E-state index in [-0.39, 0.29) is 12.4 Å². The second-order valence-corrected chi connectivity index (χ2v) is 3.94. The lowest BCUT2D eigenvalue weighted by molar-refractivity contribution is -0.137. The maximum absolute atomic E-state index is 12.4. The summed E-state index contributed by atoms with van der Waals surface area (Å²) in [5, 5.41) is 9.30. The summed E-state index contributed by atoms with van der Waals surface area (Å²) in [5.74, 6) is 0.0840. The number of aliphatic hydroxyl groups is 1. The lowest BCUT2D eigenvalue weighted by atomic mass is 10.2. The van der Waals surface area contributed by atoms with Crippen molar-refractivity contribution in [3.05, 3.63) is 40.0 Å². The Balaban J connectivity index is 2.67. The van der Waals surface area contributed by atoms with Gasteiger partial charge in [0.25, 0.3) is 0 Å². The normalized spacial score (nSPS) is 13.9. The van der Waals surface area contributed by atoms with E-state index in [0.717, 1.165) is 12.1 Å². The molecule has 0 aliphatic carbocycles. The number of benzene rings is 1. The highest BCUT2D eigenvalue weighted by Crippen LogP contribution is 2.31. The standard InChI is InChI=1S/C11H10F3IO2/c12-11(13,14)8-2-1-3-10(6-8)17-7-9(16)4-5-15/h1-6,9,16H,7H2. The molecule has 1 rings (SSSR count). The Kier molecular flexibility index (Phi) is 5.26. The van der Waals surface area contributed by atoms with Gasteiger partial charge in [0.05, 0.1) is 5.56 Å². The van der Waals surface area contributed by atoms with Crippen molar-refractivity contribution in [1.29, 1.82) is 0 Å². The van der Waals surface area contributed by atoms with Crippen LogP contribution in [0.4, 0.5) is 13.2 Å². The molecule has 17 heavy (non-hydrogen) atoms. The molecule has 1 unspecified atom stereocenters. The predicted molar refractivity (Wildman–Crippen MR) is 66.1 cm³/mol. The summed E-state index contributed by atoms with van der Waals surface area (Å²) in [7, 11) is 0. The van der Waals surface area contributed by atoms with Crippen LogP contribution in [0.25, 0.3) is 0 Å². The third-order valence-electron chi connectivity index (χ3n) is 1.88. The summed E-state index contributed by atoms with van der Waals surface area (Å²) in [6.07, 6.45) is -3.74. The van der Waals surface area contributed by atoms with Crippen LogP contribution in [-0.2, 0) is 6.18 Å². The molecule has 0 heterocycles. The first kappa shape index (κ1) is 14.3. The maximum Gasteiger partial charge on any atom is 0.416 e. The molecule has 6 heteroatoms. The lowest BCUT2D eigenvalue weighted by Crippen LogP contribution is -2.14. The van der Waals surface area contributed by atoms with Crippen molar-refractivity contribution in [2.45, 2.75) is 12.3 Å². The van der Waals surface area contributed by atoms with Crippen molar-refractivity contribution in [2.75, 3.05) is 6.61 Å². The van der Waals surface area contributed by atoms with E-state index in [4.69, 9.17) is 4.74 Å². The van der Waals surface area contributed by atoms with Crippen LogP contribution in [0, 0.1) is 0 Å². The summed E-state index contributed by atoms with van der Waals surface area (Å²) >= 11 is 1.93. The molecule has 0 bridgehead atoms. The van der Waals surface area contributed by atoms with Crippen molar-refractivity contribution in [2.24, 2.45) is 0 Å². The highest BCUT2D eigenvalue weighted by Gasteiger charge is 2.30. The van der Waals surface area contributed by atoms with Crippen LogP contribution in [0.2, 0.25) is 0 Å². The Morgan fingerprint density at radius 1 is 1.41 bits per heavy atom. The molecule has 0 amide bonds. The number of alkyl halides is 3. The summed E-state index contributed by atoms with van der Waals surface area (Å²) in [6.45, 7) is -0.0825. The van der Waals surface area contributed by atoms with Crippen molar-refractivity contribution >= 4 is 22.6 Å². The first-order chi connectivity index (χ1) is 7.93. The second-order valence-electron chi connectivity index (χ2n) is 3.22. The van der Waals surface area contributed by atoms with Crippen molar-refractivity contribution in [1.82, 2.24) is 0 Å². The summed E-state index contributed by atoms with van der Waals surface area (Å²) < 4.78 is 43.8. The zero-order valence-electron chi connectivity index (χ0n) is 8.62. The van der Waals surface area contributed by atoms with Crippen LogP contribution in [0.3, 0.4) is 0 Å². The van der Waals surface area contributed by atoms with Gasteiger partial charge in [-0.25, -0.2) is 0 Å². The highest BCUT2D eigenvalue weighted by atomic mass is 127. The van der Waals surface area contributed by atoms with E-state index in [2.05, 4.69) is 0 Å². The van der Waals surface area contributed by atoms with E-state index in [1.807, 2.05) is 22.6 Å². The molecule has 0 aliphatic heterocycles. The van der Waals surface area contributed by atoms with Crippen LogP contribution in [0.15, 0.2) is 34.4 Å². The number of ether oxygens (including phenoxy) is 1. The fourth-order valence-corrected chi connectivity index (χ4v) is 1.56. The Morgan fingerprint density at radius 3 is 2.71 bits per heavy atom. The molecule has 0 aliphatic rings. The molecule has 0 saturated heterocycles. The Labute approximate surface area is 110 Å². The largest absolute Gasteiger partial charge is 0.491 e. The third kappa shape index (κ3) is 4.95. The molecule has 1 aromatic rings. The van der Waals surface area contributed by atoms with Crippen LogP contribution in [0.5, 0.6) is 5.75 Å². The zero-order valence-corrected chi connectivity index (χ0v) is 10.8. The predicted octanol–water partition coefficient (Wildman–Crippen LogP) is 3.39. The van der Waals surface area contributed by atoms with Crippen LogP contribution >= 0.6 is 22.6 Å². The molecule has 94 valence electrons. The fourth-order valence-electron chi connectivity index (χ4n) is 1.08. The Bertz CT molecular complexity index is 391. The van der Waals surface area contributed by atoms with Gasteiger partial charge in [0, 0.05) is 0 Å². The highest BCUT2D eigenvalue weighted by molar-refractivity contribution is 14.1. The van der Waals surface area contributed by atoms with Gasteiger partial charge in [0.2, 0.25) is 0 Å². The molecule has 0 aromatic heterocycles. The number of hydrogen-bond donors (Lipinski definition) is 1. The van der Waals surface area contributed by atoms with Gasteiger partial charge in [-0.3, -0.25) is 0 Å². The van der Waals surface area contributed by atoms with Crippen LogP contribution < -0.4 is 4.74 Å². The van der Waals surface area contributed by atoms with Gasteiger partial charge in [-0.2, -0.15) is 13.2 Å². The Morgan fingerprint density at radius 2 is 2.12 bits per heavy atom. The number of aliphatic hydroxyl groups excluding tert-OH is 1. The lowest BCUT2D eigenvalue weighted by Gasteiger charge is -2.11. The first-order valence-corrected chi connectivity index (χ1v) is 5.93. The molecule has 1 atom stereocenters. The second kappa shape index (κ2) is 6.25. The molecule has 2 nitrogen and oxygen atoms in total. The van der Waals surface area contributed by atoms with Crippen LogP contribution in [-0.4, -0.2) is 17.8 Å². The number of hydrogen-bond acceptors (Lipinski definition) is 2. The van der Waals surface area contributed by atoms with Gasteiger partial charge in [-0.15, -0.1) is 0 Å². The summed E-state index contributed by atoms with van der Waals surface area (Å²) in [6, 6.07) is 4.54. The fraction of sp³-hybridized carbons (Fsp3) is 0.273. The van der Waals surface area contributed by atoms with Crippen LogP contribution in [0.1, 0.15) is 5.56 Å². The minimum Gasteiger partial charge on any atom is -0.491 e. The van der Waals surface area contributed by atoms with Crippen molar-refractivity contribution in [3.63, 3.8) is 0 Å². The van der Waals surface area contributed by atoms with Gasteiger partial charge >= 0.3 is 6.18 Å². The minimum absolute atomic E-state index is 0.0825. The average Bonchev–Trinajstić information content (AvgIpc) is 2.26. The van der Waals surface area contributed by atoms with Crippen molar-refractivity contribution < 1.29 is 23.0 Å². The van der Waals surface area contributed by atoms with E-state index in [9.17, 15) is 18.3 Å². The van der Waals surface area contributed by atoms with Gasteiger partial charge in [0.15, 0.2) is 0 Å². The number of rotatable bonds is 4. The smallest absolute Gasteiger partial charge is 0.416 e. The molecule has 0 radical (unpaired) electrons. The topological polar surface area (TPSA) is 29.5 Å². The molecule has 0 spiro atoms. The molecular formula is C11H10F3IO2. The average molecular weight is 358 g/mol. The van der Waals surface area contributed by atoms with Crippen molar-refractivity contribution in [3.8, 4) is 5.75 Å². The van der Waals surface area contributed by atoms with Gasteiger partial charge in [0.1, 0.15) is 18.5 Å². The molecule has 0 fully saturated rings. The monoisotopic (exact) mass is 358 g/mol. The molecule has 1 aromatic carbocycles. The van der Waals surface area contributed by atoms with E-state index in [1.165, 1.54) is 18.2 Å². The summed E-state index contributed by atoms with van der Waals surface area (Å²) in [5.41, 5.74) is -0.770. The van der Waals surface area contributed by atoms with Gasteiger partial charge in [-0.1, -0.05) is 28.7 Å². The molecule has 1 N–H and O–H groups in total. The third-order valence-corrected chi connectivity index (χ3v) is 2.29. The van der Waals surface area contributed by atoms with E-state index < -0.39 is 17.8 Å². The molecular weight excluding hydrogens is 348 g/mol. The van der Waals surface area contributed by atoms with E-state index in [0.29, 0.717) is 0 Å². The van der Waals surface area contributed by atoms with Gasteiger partial charge in [-0.05, 0) is 28.4 Å². The molecule has 0 saturated carbocycles. The Hall–Kier alpha value is -0.760. The minimum atomic E-state index is -4.39. The quantitative estimate of drug-likeness (QED) is 0.837. The van der Waals surface area contributed by atoms with Gasteiger partial charge < -0.3 is 9.84 Å².